The fraction of sp³-hybridized carbons (Fsp3) is 0.111. The molecule has 0 atom stereocenters. The van der Waals surface area contributed by atoms with Gasteiger partial charge >= 0.3 is 0 Å². The topological polar surface area (TPSA) is 128 Å². The van der Waals surface area contributed by atoms with Crippen LogP contribution in [0.1, 0.15) is 20.8 Å². The SMILES string of the molecule is Cc1sc(NC(=O)c2cc([N+](=O)[O-])cc([N+](=O)[O-])c2C)nc1-c1ccc(F)cc1. The second-order valence-corrected chi connectivity index (χ2v) is 7.24. The minimum absolute atomic E-state index is 0.00476. The van der Waals surface area contributed by atoms with Gasteiger partial charge in [0.05, 0.1) is 27.2 Å². The summed E-state index contributed by atoms with van der Waals surface area (Å²) in [5.41, 5.74) is -0.0662. The first-order valence-corrected chi connectivity index (χ1v) is 8.97. The van der Waals surface area contributed by atoms with Gasteiger partial charge in [-0.1, -0.05) is 0 Å². The molecule has 0 aliphatic rings. The molecule has 0 saturated heterocycles. The number of rotatable bonds is 5. The number of anilines is 1. The largest absolute Gasteiger partial charge is 0.298 e. The van der Waals surface area contributed by atoms with Crippen LogP contribution >= 0.6 is 11.3 Å². The quantitative estimate of drug-likeness (QED) is 0.477. The molecule has 1 heterocycles. The molecule has 0 radical (unpaired) electrons. The van der Waals surface area contributed by atoms with Crippen molar-refractivity contribution in [1.82, 2.24) is 4.98 Å². The van der Waals surface area contributed by atoms with Crippen molar-refractivity contribution in [2.24, 2.45) is 0 Å². The number of hydrogen-bond acceptors (Lipinski definition) is 7. The number of non-ortho nitro benzene ring substituents is 1. The van der Waals surface area contributed by atoms with Crippen LogP contribution in [0.3, 0.4) is 0 Å². The maximum absolute atomic E-state index is 13.1. The molecular weight excluding hydrogens is 403 g/mol. The number of aryl methyl sites for hydroxylation is 1. The molecule has 11 heteroatoms. The monoisotopic (exact) mass is 416 g/mol. The van der Waals surface area contributed by atoms with Gasteiger partial charge < -0.3 is 0 Å². The van der Waals surface area contributed by atoms with Gasteiger partial charge in [-0.2, -0.15) is 0 Å². The molecule has 0 unspecified atom stereocenters. The van der Waals surface area contributed by atoms with Gasteiger partial charge in [-0.05, 0) is 38.1 Å². The number of benzene rings is 2. The molecule has 3 rings (SSSR count). The van der Waals surface area contributed by atoms with Crippen molar-refractivity contribution >= 4 is 33.8 Å². The number of nitro benzene ring substituents is 2. The number of carbonyl (C=O) groups is 1. The Kier molecular flexibility index (Phi) is 5.33. The van der Waals surface area contributed by atoms with E-state index in [1.165, 1.54) is 19.1 Å². The number of nitrogens with zero attached hydrogens (tertiary/aromatic N) is 3. The summed E-state index contributed by atoms with van der Waals surface area (Å²) in [5, 5.41) is 25.0. The average molecular weight is 416 g/mol. The first-order valence-electron chi connectivity index (χ1n) is 8.15. The molecule has 29 heavy (non-hydrogen) atoms. The molecule has 0 spiro atoms. The molecule has 0 aliphatic heterocycles. The molecule has 9 nitrogen and oxygen atoms in total. The van der Waals surface area contributed by atoms with Gasteiger partial charge in [-0.15, -0.1) is 11.3 Å². The minimum atomic E-state index is -0.802. The minimum Gasteiger partial charge on any atom is -0.298 e. The molecule has 0 fully saturated rings. The molecule has 1 amide bonds. The molecule has 2 aromatic carbocycles. The molecule has 3 aromatic rings. The number of carbonyl (C=O) groups excluding carboxylic acids is 1. The van der Waals surface area contributed by atoms with Crippen LogP contribution in [0.25, 0.3) is 11.3 Å². The summed E-state index contributed by atoms with van der Waals surface area (Å²) in [4.78, 5) is 38.4. The second kappa shape index (κ2) is 7.72. The van der Waals surface area contributed by atoms with Crippen LogP contribution in [0, 0.1) is 39.9 Å². The van der Waals surface area contributed by atoms with E-state index in [1.807, 2.05) is 0 Å². The molecule has 1 aromatic heterocycles. The highest BCUT2D eigenvalue weighted by Gasteiger charge is 2.25. The van der Waals surface area contributed by atoms with Crippen LogP contribution in [0.15, 0.2) is 36.4 Å². The van der Waals surface area contributed by atoms with Crippen LogP contribution in [-0.2, 0) is 0 Å². The van der Waals surface area contributed by atoms with Crippen molar-refractivity contribution in [3.8, 4) is 11.3 Å². The Balaban J connectivity index is 1.95. The summed E-state index contributed by atoms with van der Waals surface area (Å²) < 4.78 is 13.1. The van der Waals surface area contributed by atoms with Crippen molar-refractivity contribution in [2.75, 3.05) is 5.32 Å². The fourth-order valence-corrected chi connectivity index (χ4v) is 3.54. The molecule has 0 aliphatic carbocycles. The standard InChI is InChI=1S/C18H13FN4O5S/c1-9-14(7-13(22(25)26)8-15(9)23(27)28)17(24)21-18-20-16(10(2)29-18)11-3-5-12(19)6-4-11/h3-8H,1-2H3,(H,20,21,24). The third-order valence-corrected chi connectivity index (χ3v) is 5.04. The Hall–Kier alpha value is -3.73. The summed E-state index contributed by atoms with van der Waals surface area (Å²) in [6.07, 6.45) is 0. The zero-order chi connectivity index (χ0) is 21.3. The zero-order valence-corrected chi connectivity index (χ0v) is 15.9. The third-order valence-electron chi connectivity index (χ3n) is 4.15. The lowest BCUT2D eigenvalue weighted by Gasteiger charge is -2.06. The van der Waals surface area contributed by atoms with Gasteiger partial charge in [-0.25, -0.2) is 9.37 Å². The van der Waals surface area contributed by atoms with E-state index in [4.69, 9.17) is 0 Å². The molecule has 1 N–H and O–H groups in total. The Labute approximate surface area is 167 Å². The van der Waals surface area contributed by atoms with Crippen molar-refractivity contribution < 1.29 is 19.0 Å². The number of halogens is 1. The number of aromatic nitrogens is 1. The van der Waals surface area contributed by atoms with Crippen LogP contribution in [-0.4, -0.2) is 20.7 Å². The predicted octanol–water partition coefficient (Wildman–Crippen LogP) is 4.63. The van der Waals surface area contributed by atoms with E-state index in [1.54, 1.807) is 19.1 Å². The lowest BCUT2D eigenvalue weighted by atomic mass is 10.0. The summed E-state index contributed by atoms with van der Waals surface area (Å²) in [6, 6.07) is 7.48. The number of nitrogens with one attached hydrogen (secondary N) is 1. The first kappa shape index (κ1) is 20.0. The van der Waals surface area contributed by atoms with E-state index in [0.717, 1.165) is 28.3 Å². The summed E-state index contributed by atoms with van der Waals surface area (Å²) in [5.74, 6) is -1.15. The van der Waals surface area contributed by atoms with E-state index in [2.05, 4.69) is 10.3 Å². The Bertz CT molecular complexity index is 1140. The maximum atomic E-state index is 13.1. The van der Waals surface area contributed by atoms with E-state index in [9.17, 15) is 29.4 Å². The van der Waals surface area contributed by atoms with Gasteiger partial charge in [0.2, 0.25) is 0 Å². The van der Waals surface area contributed by atoms with E-state index >= 15 is 0 Å². The first-order chi connectivity index (χ1) is 13.7. The second-order valence-electron chi connectivity index (χ2n) is 6.04. The van der Waals surface area contributed by atoms with E-state index in [-0.39, 0.29) is 16.3 Å². The maximum Gasteiger partial charge on any atom is 0.279 e. The van der Waals surface area contributed by atoms with Gasteiger partial charge in [0.25, 0.3) is 17.3 Å². The fourth-order valence-electron chi connectivity index (χ4n) is 2.70. The highest BCUT2D eigenvalue weighted by molar-refractivity contribution is 7.16. The summed E-state index contributed by atoms with van der Waals surface area (Å²) >= 11 is 1.16. The summed E-state index contributed by atoms with van der Waals surface area (Å²) in [6.45, 7) is 3.11. The van der Waals surface area contributed by atoms with Crippen molar-refractivity contribution in [2.45, 2.75) is 13.8 Å². The van der Waals surface area contributed by atoms with Crippen molar-refractivity contribution in [1.29, 1.82) is 0 Å². The number of thiazole rings is 1. The lowest BCUT2D eigenvalue weighted by molar-refractivity contribution is -0.394. The Morgan fingerprint density at radius 2 is 1.76 bits per heavy atom. The van der Waals surface area contributed by atoms with Gasteiger partial charge in [0.15, 0.2) is 5.13 Å². The van der Waals surface area contributed by atoms with Crippen molar-refractivity contribution in [3.63, 3.8) is 0 Å². The smallest absolute Gasteiger partial charge is 0.279 e. The summed E-state index contributed by atoms with van der Waals surface area (Å²) in [7, 11) is 0. The van der Waals surface area contributed by atoms with Gasteiger partial charge in [0, 0.05) is 22.1 Å². The molecule has 148 valence electrons. The number of amides is 1. The Morgan fingerprint density at radius 3 is 2.34 bits per heavy atom. The zero-order valence-electron chi connectivity index (χ0n) is 15.1. The van der Waals surface area contributed by atoms with Crippen LogP contribution in [0.2, 0.25) is 0 Å². The normalized spacial score (nSPS) is 10.6. The molecule has 0 saturated carbocycles. The van der Waals surface area contributed by atoms with Crippen LogP contribution < -0.4 is 5.32 Å². The third kappa shape index (κ3) is 4.09. The average Bonchev–Trinajstić information content (AvgIpc) is 3.02. The molecular formula is C18H13FN4O5S. The van der Waals surface area contributed by atoms with Gasteiger partial charge in [-0.3, -0.25) is 30.3 Å². The van der Waals surface area contributed by atoms with E-state index < -0.39 is 32.9 Å². The molecule has 0 bridgehead atoms. The van der Waals surface area contributed by atoms with Crippen molar-refractivity contribution in [3.05, 3.63) is 78.4 Å². The highest BCUT2D eigenvalue weighted by atomic mass is 32.1. The van der Waals surface area contributed by atoms with Crippen LogP contribution in [0.4, 0.5) is 20.9 Å². The number of hydrogen-bond donors (Lipinski definition) is 1. The van der Waals surface area contributed by atoms with Crippen LogP contribution in [0.5, 0.6) is 0 Å². The number of nitro groups is 2. The Morgan fingerprint density at radius 1 is 1.10 bits per heavy atom. The predicted molar refractivity (Wildman–Crippen MR) is 105 cm³/mol. The highest BCUT2D eigenvalue weighted by Crippen LogP contribution is 2.32. The van der Waals surface area contributed by atoms with Gasteiger partial charge in [0.1, 0.15) is 5.82 Å². The lowest BCUT2D eigenvalue weighted by Crippen LogP contribution is -2.14. The van der Waals surface area contributed by atoms with E-state index in [0.29, 0.717) is 11.3 Å².